The maximum atomic E-state index is 12.2. The van der Waals surface area contributed by atoms with Gasteiger partial charge in [0.15, 0.2) is 0 Å². The van der Waals surface area contributed by atoms with Crippen molar-refractivity contribution in [3.8, 4) is 0 Å². The van der Waals surface area contributed by atoms with Gasteiger partial charge in [0.2, 0.25) is 0 Å². The Balaban J connectivity index is 1.97. The molecular formula is C15H26N2O3. The molecular weight excluding hydrogens is 256 g/mol. The van der Waals surface area contributed by atoms with Gasteiger partial charge in [-0.3, -0.25) is 0 Å². The van der Waals surface area contributed by atoms with Crippen molar-refractivity contribution in [3.05, 3.63) is 0 Å². The summed E-state index contributed by atoms with van der Waals surface area (Å²) in [6.07, 6.45) is 5.51. The van der Waals surface area contributed by atoms with E-state index in [1.807, 2.05) is 20.8 Å². The molecule has 114 valence electrons. The van der Waals surface area contributed by atoms with Crippen molar-refractivity contribution >= 4 is 12.0 Å². The first-order chi connectivity index (χ1) is 9.26. The third kappa shape index (κ3) is 3.64. The number of amides is 2. The van der Waals surface area contributed by atoms with Crippen LogP contribution >= 0.6 is 0 Å². The molecule has 0 bridgehead atoms. The molecule has 2 fully saturated rings. The summed E-state index contributed by atoms with van der Waals surface area (Å²) in [7, 11) is 0. The van der Waals surface area contributed by atoms with Crippen molar-refractivity contribution in [2.75, 3.05) is 6.54 Å². The average molecular weight is 282 g/mol. The predicted octanol–water partition coefficient (Wildman–Crippen LogP) is 2.46. The quantitative estimate of drug-likeness (QED) is 0.835. The number of rotatable bonds is 3. The molecule has 1 heterocycles. The van der Waals surface area contributed by atoms with Gasteiger partial charge in [-0.2, -0.15) is 0 Å². The Labute approximate surface area is 120 Å². The highest BCUT2D eigenvalue weighted by atomic mass is 16.4. The van der Waals surface area contributed by atoms with Crippen LogP contribution in [0.15, 0.2) is 0 Å². The van der Waals surface area contributed by atoms with Crippen molar-refractivity contribution in [3.63, 3.8) is 0 Å². The molecule has 2 N–H and O–H groups in total. The number of hydrogen-bond acceptors (Lipinski definition) is 2. The second kappa shape index (κ2) is 5.62. The molecule has 1 aliphatic heterocycles. The van der Waals surface area contributed by atoms with E-state index in [0.29, 0.717) is 18.9 Å². The number of carbonyl (C=O) groups excluding carboxylic acids is 1. The number of aliphatic carboxylic acids is 1. The van der Waals surface area contributed by atoms with E-state index in [-0.39, 0.29) is 11.6 Å². The van der Waals surface area contributed by atoms with Gasteiger partial charge in [-0.1, -0.05) is 19.3 Å². The lowest BCUT2D eigenvalue weighted by Crippen LogP contribution is -2.51. The van der Waals surface area contributed by atoms with Crippen LogP contribution in [0.3, 0.4) is 0 Å². The average Bonchev–Trinajstić information content (AvgIpc) is 2.65. The summed E-state index contributed by atoms with van der Waals surface area (Å²) in [4.78, 5) is 25.1. The number of carboxylic acids is 1. The van der Waals surface area contributed by atoms with Crippen molar-refractivity contribution in [2.24, 2.45) is 11.8 Å². The zero-order valence-corrected chi connectivity index (χ0v) is 12.7. The fraction of sp³-hybridized carbons (Fsp3) is 0.867. The molecule has 5 nitrogen and oxygen atoms in total. The number of urea groups is 1. The van der Waals surface area contributed by atoms with Gasteiger partial charge in [0.25, 0.3) is 0 Å². The molecule has 0 aromatic carbocycles. The first kappa shape index (κ1) is 15.1. The third-order valence-electron chi connectivity index (χ3n) is 4.31. The zero-order valence-electron chi connectivity index (χ0n) is 12.7. The zero-order chi connectivity index (χ0) is 14.9. The van der Waals surface area contributed by atoms with Crippen LogP contribution in [-0.2, 0) is 4.79 Å². The molecule has 1 saturated carbocycles. The first-order valence-electron chi connectivity index (χ1n) is 7.58. The Morgan fingerprint density at radius 1 is 1.25 bits per heavy atom. The van der Waals surface area contributed by atoms with E-state index < -0.39 is 12.0 Å². The van der Waals surface area contributed by atoms with Crippen LogP contribution in [0.2, 0.25) is 0 Å². The SMILES string of the molecule is CC(C)(C)NC(=O)N1CC(CC2CCC2)CC1C(=O)O. The molecule has 2 aliphatic rings. The lowest BCUT2D eigenvalue weighted by molar-refractivity contribution is -0.141. The van der Waals surface area contributed by atoms with Gasteiger partial charge in [0.1, 0.15) is 6.04 Å². The summed E-state index contributed by atoms with van der Waals surface area (Å²) in [5.74, 6) is 0.206. The molecule has 1 aliphatic carbocycles. The minimum absolute atomic E-state index is 0.249. The summed E-state index contributed by atoms with van der Waals surface area (Å²) >= 11 is 0. The number of nitrogens with one attached hydrogen (secondary N) is 1. The molecule has 2 rings (SSSR count). The predicted molar refractivity (Wildman–Crippen MR) is 76.5 cm³/mol. The molecule has 2 atom stereocenters. The molecule has 0 aromatic rings. The summed E-state index contributed by atoms with van der Waals surface area (Å²) in [6, 6.07) is -0.913. The standard InChI is InChI=1S/C15H26N2O3/c1-15(2,3)16-14(20)17-9-11(7-10-5-4-6-10)8-12(17)13(18)19/h10-12H,4-9H2,1-3H3,(H,16,20)(H,18,19). The van der Waals surface area contributed by atoms with Crippen LogP contribution in [0.4, 0.5) is 4.79 Å². The second-order valence-corrected chi connectivity index (χ2v) is 7.32. The summed E-state index contributed by atoms with van der Waals surface area (Å²) < 4.78 is 0. The van der Waals surface area contributed by atoms with Crippen LogP contribution in [0.1, 0.15) is 52.9 Å². The lowest BCUT2D eigenvalue weighted by atomic mass is 9.78. The van der Waals surface area contributed by atoms with E-state index in [1.54, 1.807) is 0 Å². The van der Waals surface area contributed by atoms with Crippen molar-refractivity contribution in [1.82, 2.24) is 10.2 Å². The Hall–Kier alpha value is -1.26. The van der Waals surface area contributed by atoms with Gasteiger partial charge in [-0.25, -0.2) is 9.59 Å². The molecule has 0 radical (unpaired) electrons. The molecule has 20 heavy (non-hydrogen) atoms. The number of likely N-dealkylation sites (tertiary alicyclic amines) is 1. The lowest BCUT2D eigenvalue weighted by Gasteiger charge is -2.29. The maximum absolute atomic E-state index is 12.2. The Morgan fingerprint density at radius 3 is 2.35 bits per heavy atom. The van der Waals surface area contributed by atoms with E-state index in [0.717, 1.165) is 12.3 Å². The summed E-state index contributed by atoms with van der Waals surface area (Å²) in [5, 5.41) is 12.2. The first-order valence-corrected chi connectivity index (χ1v) is 7.58. The Bertz CT molecular complexity index is 385. The number of carboxylic acid groups (broad SMARTS) is 1. The highest BCUT2D eigenvalue weighted by Gasteiger charge is 2.41. The normalized spacial score (nSPS) is 27.2. The van der Waals surface area contributed by atoms with Gasteiger partial charge >= 0.3 is 12.0 Å². The van der Waals surface area contributed by atoms with Crippen LogP contribution in [-0.4, -0.2) is 40.1 Å². The molecule has 1 saturated heterocycles. The van der Waals surface area contributed by atoms with E-state index in [9.17, 15) is 14.7 Å². The fourth-order valence-electron chi connectivity index (χ4n) is 3.14. The largest absolute Gasteiger partial charge is 0.480 e. The minimum atomic E-state index is -0.884. The summed E-state index contributed by atoms with van der Waals surface area (Å²) in [5.41, 5.74) is -0.341. The van der Waals surface area contributed by atoms with Gasteiger partial charge < -0.3 is 15.3 Å². The van der Waals surface area contributed by atoms with Crippen molar-refractivity contribution < 1.29 is 14.7 Å². The molecule has 2 unspecified atom stereocenters. The monoisotopic (exact) mass is 282 g/mol. The smallest absolute Gasteiger partial charge is 0.326 e. The second-order valence-electron chi connectivity index (χ2n) is 7.32. The van der Waals surface area contributed by atoms with Crippen molar-refractivity contribution in [2.45, 2.75) is 64.5 Å². The van der Waals surface area contributed by atoms with E-state index in [1.165, 1.54) is 24.2 Å². The van der Waals surface area contributed by atoms with Gasteiger partial charge in [0.05, 0.1) is 0 Å². The van der Waals surface area contributed by atoms with E-state index in [2.05, 4.69) is 5.32 Å². The van der Waals surface area contributed by atoms with Crippen LogP contribution in [0.5, 0.6) is 0 Å². The van der Waals surface area contributed by atoms with Gasteiger partial charge in [-0.05, 0) is 45.4 Å². The molecule has 0 spiro atoms. The van der Waals surface area contributed by atoms with Crippen LogP contribution < -0.4 is 5.32 Å². The van der Waals surface area contributed by atoms with E-state index >= 15 is 0 Å². The molecule has 5 heteroatoms. The molecule has 2 amide bonds. The van der Waals surface area contributed by atoms with Crippen molar-refractivity contribution in [1.29, 1.82) is 0 Å². The third-order valence-corrected chi connectivity index (χ3v) is 4.31. The fourth-order valence-corrected chi connectivity index (χ4v) is 3.14. The number of nitrogens with zero attached hydrogens (tertiary/aromatic N) is 1. The number of hydrogen-bond donors (Lipinski definition) is 2. The highest BCUT2D eigenvalue weighted by Crippen LogP contribution is 2.37. The van der Waals surface area contributed by atoms with Crippen LogP contribution in [0, 0.1) is 11.8 Å². The highest BCUT2D eigenvalue weighted by molar-refractivity contribution is 5.83. The summed E-state index contributed by atoms with van der Waals surface area (Å²) in [6.45, 7) is 6.29. The Kier molecular flexibility index (Phi) is 4.25. The van der Waals surface area contributed by atoms with E-state index in [4.69, 9.17) is 0 Å². The molecule has 0 aromatic heterocycles. The Morgan fingerprint density at radius 2 is 1.90 bits per heavy atom. The van der Waals surface area contributed by atoms with Gasteiger partial charge in [0, 0.05) is 12.1 Å². The number of carbonyl (C=O) groups is 2. The van der Waals surface area contributed by atoms with Crippen LogP contribution in [0.25, 0.3) is 0 Å². The van der Waals surface area contributed by atoms with Gasteiger partial charge in [-0.15, -0.1) is 0 Å². The topological polar surface area (TPSA) is 69.6 Å². The maximum Gasteiger partial charge on any atom is 0.326 e. The minimum Gasteiger partial charge on any atom is -0.480 e.